The molecule has 0 rings (SSSR count). The van der Waals surface area contributed by atoms with Crippen LogP contribution in [-0.2, 0) is 19.1 Å². The van der Waals surface area contributed by atoms with Crippen molar-refractivity contribution in [3.63, 3.8) is 0 Å². The van der Waals surface area contributed by atoms with Crippen LogP contribution in [0.25, 0.3) is 0 Å². The van der Waals surface area contributed by atoms with E-state index in [-0.39, 0.29) is 6.54 Å². The minimum atomic E-state index is -1.50. The summed E-state index contributed by atoms with van der Waals surface area (Å²) in [5, 5.41) is 15.0. The van der Waals surface area contributed by atoms with Crippen molar-refractivity contribution in [3.05, 3.63) is 0 Å². The first kappa shape index (κ1) is 27.4. The highest BCUT2D eigenvalue weighted by molar-refractivity contribution is 5.86. The Kier molecular flexibility index (Phi) is 12.7. The van der Waals surface area contributed by atoms with Crippen molar-refractivity contribution < 1.29 is 29.0 Å². The van der Waals surface area contributed by atoms with Gasteiger partial charge in [-0.1, -0.05) is 27.2 Å². The van der Waals surface area contributed by atoms with Gasteiger partial charge in [0.05, 0.1) is 6.04 Å². The number of ether oxygens (including phenoxy) is 2. The Morgan fingerprint density at radius 1 is 0.963 bits per heavy atom. The first-order valence-corrected chi connectivity index (χ1v) is 9.42. The molecule has 0 aromatic heterocycles. The van der Waals surface area contributed by atoms with E-state index in [1.807, 2.05) is 20.8 Å². The molecule has 2 amide bonds. The fourth-order valence-electron chi connectivity index (χ4n) is 1.90. The summed E-state index contributed by atoms with van der Waals surface area (Å²) in [7, 11) is 0. The minimum Gasteiger partial charge on any atom is -0.459 e. The molecule has 0 heterocycles. The Morgan fingerprint density at radius 3 is 1.85 bits per heavy atom. The standard InChI is InChI=1S/C17H32N2O6.C2H6/c1-8-9-11(19-15(23)25-17(5,6)7)13(21)14(22)18-10-12(20)24-16(2,3)4;1-2/h11,13,21H,8-10H2,1-7H3,(H,18,22)(H,19,23);1-2H3. The molecule has 2 atom stereocenters. The lowest BCUT2D eigenvalue weighted by atomic mass is 10.1. The number of aliphatic hydroxyl groups is 1. The maximum absolute atomic E-state index is 12.0. The monoisotopic (exact) mass is 390 g/mol. The molecule has 8 nitrogen and oxygen atoms in total. The minimum absolute atomic E-state index is 0.363. The van der Waals surface area contributed by atoms with E-state index in [1.54, 1.807) is 41.5 Å². The van der Waals surface area contributed by atoms with Crippen molar-refractivity contribution in [2.75, 3.05) is 6.54 Å². The van der Waals surface area contributed by atoms with Gasteiger partial charge in [0.25, 0.3) is 5.91 Å². The van der Waals surface area contributed by atoms with Crippen LogP contribution < -0.4 is 10.6 Å². The average Bonchev–Trinajstić information content (AvgIpc) is 2.50. The Labute approximate surface area is 163 Å². The second-order valence-corrected chi connectivity index (χ2v) is 7.79. The molecule has 0 saturated carbocycles. The third-order valence-electron chi connectivity index (χ3n) is 2.78. The molecule has 8 heteroatoms. The van der Waals surface area contributed by atoms with Gasteiger partial charge in [-0.15, -0.1) is 0 Å². The van der Waals surface area contributed by atoms with Gasteiger partial charge in [-0.05, 0) is 48.0 Å². The maximum atomic E-state index is 12.0. The molecule has 0 aliphatic carbocycles. The summed E-state index contributed by atoms with van der Waals surface area (Å²) < 4.78 is 10.2. The molecule has 0 aliphatic rings. The second-order valence-electron chi connectivity index (χ2n) is 7.79. The van der Waals surface area contributed by atoms with Crippen molar-refractivity contribution in [1.29, 1.82) is 0 Å². The quantitative estimate of drug-likeness (QED) is 0.576. The van der Waals surface area contributed by atoms with Gasteiger partial charge in [-0.25, -0.2) is 4.79 Å². The van der Waals surface area contributed by atoms with Crippen LogP contribution in [0.2, 0.25) is 0 Å². The van der Waals surface area contributed by atoms with Crippen LogP contribution in [0.5, 0.6) is 0 Å². The number of hydrogen-bond donors (Lipinski definition) is 3. The average molecular weight is 391 g/mol. The van der Waals surface area contributed by atoms with E-state index < -0.39 is 41.3 Å². The third kappa shape index (κ3) is 15.0. The van der Waals surface area contributed by atoms with E-state index in [2.05, 4.69) is 10.6 Å². The lowest BCUT2D eigenvalue weighted by molar-refractivity contribution is -0.155. The number of alkyl carbamates (subject to hydrolysis) is 1. The summed E-state index contributed by atoms with van der Waals surface area (Å²) >= 11 is 0. The molecule has 0 radical (unpaired) electrons. The highest BCUT2D eigenvalue weighted by atomic mass is 16.6. The van der Waals surface area contributed by atoms with Crippen LogP contribution in [0.3, 0.4) is 0 Å². The number of aliphatic hydroxyl groups excluding tert-OH is 1. The molecule has 0 spiro atoms. The number of carbonyl (C=O) groups excluding carboxylic acids is 3. The van der Waals surface area contributed by atoms with E-state index >= 15 is 0 Å². The van der Waals surface area contributed by atoms with Gasteiger partial charge in [0.15, 0.2) is 6.10 Å². The molecule has 0 aromatic rings. The molecule has 0 saturated heterocycles. The highest BCUT2D eigenvalue weighted by Crippen LogP contribution is 2.10. The van der Waals surface area contributed by atoms with Gasteiger partial charge in [-0.3, -0.25) is 9.59 Å². The summed E-state index contributed by atoms with van der Waals surface area (Å²) in [6.45, 7) is 15.8. The van der Waals surface area contributed by atoms with Gasteiger partial charge in [-0.2, -0.15) is 0 Å². The van der Waals surface area contributed by atoms with Gasteiger partial charge in [0, 0.05) is 0 Å². The number of carbonyl (C=O) groups is 3. The van der Waals surface area contributed by atoms with E-state index in [0.29, 0.717) is 12.8 Å². The van der Waals surface area contributed by atoms with Crippen molar-refractivity contribution >= 4 is 18.0 Å². The van der Waals surface area contributed by atoms with E-state index in [4.69, 9.17) is 9.47 Å². The molecule has 0 fully saturated rings. The Morgan fingerprint density at radius 2 is 1.44 bits per heavy atom. The maximum Gasteiger partial charge on any atom is 0.407 e. The summed E-state index contributed by atoms with van der Waals surface area (Å²) in [6, 6.07) is -0.821. The fraction of sp³-hybridized carbons (Fsp3) is 0.842. The molecule has 2 unspecified atom stereocenters. The molecule has 0 bridgehead atoms. The van der Waals surface area contributed by atoms with Crippen LogP contribution in [0.1, 0.15) is 75.2 Å². The van der Waals surface area contributed by atoms with Crippen LogP contribution >= 0.6 is 0 Å². The zero-order valence-corrected chi connectivity index (χ0v) is 18.3. The second kappa shape index (κ2) is 12.5. The van der Waals surface area contributed by atoms with Gasteiger partial charge < -0.3 is 25.2 Å². The normalized spacial score (nSPS) is 13.4. The van der Waals surface area contributed by atoms with Crippen LogP contribution in [-0.4, -0.2) is 53.0 Å². The fourth-order valence-corrected chi connectivity index (χ4v) is 1.90. The highest BCUT2D eigenvalue weighted by Gasteiger charge is 2.29. The Hall–Kier alpha value is -1.83. The smallest absolute Gasteiger partial charge is 0.407 e. The van der Waals surface area contributed by atoms with E-state index in [1.165, 1.54) is 0 Å². The molecule has 27 heavy (non-hydrogen) atoms. The summed E-state index contributed by atoms with van der Waals surface area (Å²) in [5.74, 6) is -1.37. The SMILES string of the molecule is CC.CCCC(NC(=O)OC(C)(C)C)C(O)C(=O)NCC(=O)OC(C)(C)C. The topological polar surface area (TPSA) is 114 Å². The molecular weight excluding hydrogens is 352 g/mol. The van der Waals surface area contributed by atoms with Gasteiger partial charge in [0.1, 0.15) is 17.7 Å². The van der Waals surface area contributed by atoms with E-state index in [9.17, 15) is 19.5 Å². The summed E-state index contributed by atoms with van der Waals surface area (Å²) in [6.07, 6.45) is -1.21. The number of rotatable bonds is 7. The van der Waals surface area contributed by atoms with Gasteiger partial charge in [0.2, 0.25) is 0 Å². The lowest BCUT2D eigenvalue weighted by Crippen LogP contribution is -2.52. The molecule has 3 N–H and O–H groups in total. The molecule has 0 aliphatic heterocycles. The molecule has 0 aromatic carbocycles. The van der Waals surface area contributed by atoms with Crippen LogP contribution in [0.4, 0.5) is 4.79 Å². The predicted octanol–water partition coefficient (Wildman–Crippen LogP) is 2.52. The Balaban J connectivity index is 0. The van der Waals surface area contributed by atoms with Crippen LogP contribution in [0, 0.1) is 0 Å². The molecular formula is C19H38N2O6. The van der Waals surface area contributed by atoms with Crippen LogP contribution in [0.15, 0.2) is 0 Å². The third-order valence-corrected chi connectivity index (χ3v) is 2.78. The number of amides is 2. The van der Waals surface area contributed by atoms with Crippen molar-refractivity contribution in [1.82, 2.24) is 10.6 Å². The number of nitrogens with one attached hydrogen (secondary N) is 2. The summed E-state index contributed by atoms with van der Waals surface area (Å²) in [5.41, 5.74) is -1.35. The first-order chi connectivity index (χ1) is 12.2. The molecule has 160 valence electrons. The zero-order chi connectivity index (χ0) is 21.8. The lowest BCUT2D eigenvalue weighted by Gasteiger charge is -2.26. The van der Waals surface area contributed by atoms with Crippen molar-refractivity contribution in [2.24, 2.45) is 0 Å². The summed E-state index contributed by atoms with van der Waals surface area (Å²) in [4.78, 5) is 35.5. The van der Waals surface area contributed by atoms with Gasteiger partial charge >= 0.3 is 12.1 Å². The van der Waals surface area contributed by atoms with Crippen molar-refractivity contribution in [3.8, 4) is 0 Å². The van der Waals surface area contributed by atoms with E-state index in [0.717, 1.165) is 0 Å². The number of esters is 1. The predicted molar refractivity (Wildman–Crippen MR) is 104 cm³/mol. The Bertz CT molecular complexity index is 466. The largest absolute Gasteiger partial charge is 0.459 e. The van der Waals surface area contributed by atoms with Crippen molar-refractivity contribution in [2.45, 2.75) is 98.5 Å². The zero-order valence-electron chi connectivity index (χ0n) is 18.3. The first-order valence-electron chi connectivity index (χ1n) is 9.42. The number of hydrogen-bond acceptors (Lipinski definition) is 6.